The zero-order valence-electron chi connectivity index (χ0n) is 78.5. The molecule has 0 atom stereocenters. The van der Waals surface area contributed by atoms with Gasteiger partial charge in [0, 0.05) is 92.3 Å². The van der Waals surface area contributed by atoms with Crippen molar-refractivity contribution < 1.29 is 83.1 Å². The molecule has 0 radical (unpaired) electrons. The highest BCUT2D eigenvalue weighted by Gasteiger charge is 2.32. The van der Waals surface area contributed by atoms with Crippen LogP contribution in [0.25, 0.3) is 22.3 Å². The molecule has 12 nitrogen and oxygen atoms in total. The summed E-state index contributed by atoms with van der Waals surface area (Å²) in [6, 6.07) is 1.15. The highest BCUT2D eigenvalue weighted by molar-refractivity contribution is 7.98. The molecule has 0 fully saturated rings. The van der Waals surface area contributed by atoms with Crippen molar-refractivity contribution in [2.75, 3.05) is 52.2 Å². The van der Waals surface area contributed by atoms with Gasteiger partial charge < -0.3 is 28.7 Å². The van der Waals surface area contributed by atoms with E-state index in [-0.39, 0.29) is 55.8 Å². The molecule has 2 heterocycles. The van der Waals surface area contributed by atoms with Gasteiger partial charge in [0.15, 0.2) is 10.3 Å². The molecule has 2 amide bonds. The predicted molar refractivity (Wildman–Crippen MR) is 353 cm³/mol. The van der Waals surface area contributed by atoms with E-state index in [2.05, 4.69) is 14.9 Å². The zero-order chi connectivity index (χ0) is 91.9. The normalized spacial score (nSPS) is 19.5. The summed E-state index contributed by atoms with van der Waals surface area (Å²) >= 11 is 0.884. The van der Waals surface area contributed by atoms with E-state index in [0.717, 1.165) is 54.5 Å². The fourth-order valence-corrected chi connectivity index (χ4v) is 11.0. The number of hydrogen-bond acceptors (Lipinski definition) is 10. The number of carbonyl (C=O) groups is 2. The highest BCUT2D eigenvalue weighted by Crippen LogP contribution is 2.34. The van der Waals surface area contributed by atoms with E-state index in [1.165, 1.54) is 36.4 Å². The Hall–Kier alpha value is -7.92. The van der Waals surface area contributed by atoms with Crippen molar-refractivity contribution in [1.82, 2.24) is 38.7 Å². The first-order valence-corrected chi connectivity index (χ1v) is 30.5. The molecule has 22 heteroatoms. The van der Waals surface area contributed by atoms with E-state index in [4.69, 9.17) is 35.6 Å². The quantitative estimate of drug-likeness (QED) is 0.0295. The lowest BCUT2D eigenvalue weighted by molar-refractivity contribution is -0.138. The summed E-state index contributed by atoms with van der Waals surface area (Å²) in [6.45, 7) is -10.3. The minimum atomic E-state index is -5.47. The number of halogens is 8. The van der Waals surface area contributed by atoms with Crippen molar-refractivity contribution >= 4 is 35.3 Å². The van der Waals surface area contributed by atoms with Crippen molar-refractivity contribution in [3.05, 3.63) is 234 Å². The summed E-state index contributed by atoms with van der Waals surface area (Å²) in [7, 11) is 0. The van der Waals surface area contributed by atoms with Crippen LogP contribution in [0.5, 0.6) is 0 Å². The van der Waals surface area contributed by atoms with Gasteiger partial charge in [0.25, 0.3) is 11.1 Å². The summed E-state index contributed by atoms with van der Waals surface area (Å²) in [6.07, 6.45) is -19.1. The number of rotatable bonds is 26. The fraction of sp³-hybridized carbons (Fsp3) is 0.361. The predicted octanol–water partition coefficient (Wildman–Crippen LogP) is 14.4. The van der Waals surface area contributed by atoms with Crippen molar-refractivity contribution in [2.45, 2.75) is 126 Å². The van der Waals surface area contributed by atoms with Gasteiger partial charge in [-0.1, -0.05) is 148 Å². The van der Waals surface area contributed by atoms with Gasteiger partial charge in [0.05, 0.1) is 30.3 Å². The summed E-state index contributed by atoms with van der Waals surface area (Å²) < 4.78 is 349. The molecule has 0 bridgehead atoms. The maximum absolute atomic E-state index is 15.1. The Morgan fingerprint density at radius 2 is 1.07 bits per heavy atom. The number of amides is 2. The first-order valence-electron chi connectivity index (χ1n) is 42.7. The minimum absolute atomic E-state index is 0.0814. The monoisotopic (exact) mass is 1360 g/mol. The van der Waals surface area contributed by atoms with Crippen LogP contribution in [0.4, 0.5) is 35.1 Å². The van der Waals surface area contributed by atoms with Crippen molar-refractivity contribution in [3.63, 3.8) is 0 Å². The Kier molecular flexibility index (Phi) is 14.4. The summed E-state index contributed by atoms with van der Waals surface area (Å²) in [5.41, 5.74) is -10.1. The molecule has 8 aromatic rings. The average molecular weight is 1360 g/mol. The van der Waals surface area contributed by atoms with E-state index in [1.807, 2.05) is 38.1 Å². The number of hydrogen-bond donors (Lipinski definition) is 0. The van der Waals surface area contributed by atoms with Crippen LogP contribution in [-0.2, 0) is 85.2 Å². The second-order valence-corrected chi connectivity index (χ2v) is 22.2. The van der Waals surface area contributed by atoms with E-state index in [9.17, 15) is 52.2 Å². The van der Waals surface area contributed by atoms with Gasteiger partial charge in [-0.05, 0) is 157 Å². The lowest BCUT2D eigenvalue weighted by Gasteiger charge is -2.28. The Morgan fingerprint density at radius 3 is 1.67 bits per heavy atom. The van der Waals surface area contributed by atoms with Crippen LogP contribution in [-0.4, -0.2) is 103 Å². The van der Waals surface area contributed by atoms with Gasteiger partial charge in [-0.3, -0.25) is 19.2 Å². The molecule has 0 spiro atoms. The number of benzene rings is 6. The molecular weight excluding hydrogens is 1260 g/mol. The van der Waals surface area contributed by atoms with E-state index >= 15 is 4.79 Å². The third-order valence-corrected chi connectivity index (χ3v) is 16.2. The van der Waals surface area contributed by atoms with Crippen molar-refractivity contribution in [3.8, 4) is 22.3 Å². The molecule has 94 heavy (non-hydrogen) atoms. The molecule has 10 rings (SSSR count). The molecule has 2 aliphatic carbocycles. The van der Waals surface area contributed by atoms with Crippen molar-refractivity contribution in [1.29, 1.82) is 0 Å². The Morgan fingerprint density at radius 1 is 0.543 bits per heavy atom. The molecule has 0 saturated heterocycles. The third-order valence-electron chi connectivity index (χ3n) is 14.4. The van der Waals surface area contributed by atoms with Crippen LogP contribution >= 0.6 is 23.5 Å². The summed E-state index contributed by atoms with van der Waals surface area (Å²) in [5.74, 6) is -5.13. The number of aromatic nitrogens is 4. The second kappa shape index (κ2) is 32.5. The maximum atomic E-state index is 15.1. The molecule has 2 aromatic heterocycles. The summed E-state index contributed by atoms with van der Waals surface area (Å²) in [5, 5.41) is -0.876. The Bertz CT molecular complexity index is 5410. The lowest BCUT2D eigenvalue weighted by atomic mass is 10.0. The molecular formula is C72H76F8N8O4S2. The smallest absolute Gasteiger partial charge is 0.336 e. The second-order valence-electron chi connectivity index (χ2n) is 20.4. The molecule has 6 aromatic carbocycles. The number of nitrogens with zero attached hydrogens (tertiary/aromatic N) is 8. The van der Waals surface area contributed by atoms with Crippen LogP contribution < -0.4 is 11.1 Å². The van der Waals surface area contributed by atoms with Gasteiger partial charge in [-0.25, -0.2) is 8.78 Å². The van der Waals surface area contributed by atoms with Crippen LogP contribution in [0.15, 0.2) is 165 Å². The SMILES string of the molecule is [2H]C([2H])(Sc1nc(=O)c2c(n1CC(=O)N(CCN(CC)CC)Cc1ccc(-c3ccc(C(F)(F)F)cc3)cc1)CCC2)c1ccc(F)cc1.[2H]c1c([2H])c(CSc2nc(=O)c3c(n2CC(=O)N(Cc2c([2H])c([2H])c(-c4c([2H])c([2H])c(C(F)(F)F)c([2H])c4[2H])c([2H])c2[2H])C([2H])([2H])C([2H])([2H])N(C([2H])([2H])C)C([2H])([2H])C)C([2H])([2H])C([2H])([2H])C3([2H])[2H])c([2H])c([2H])c1F. The molecule has 0 N–H and O–H groups in total. The number of thioether (sulfide) groups is 2. The number of fused-ring (bicyclic) bond motifs is 2. The zero-order valence-corrected chi connectivity index (χ0v) is 52.1. The van der Waals surface area contributed by atoms with E-state index < -0.39 is 233 Å². The van der Waals surface area contributed by atoms with Gasteiger partial charge in [-0.15, -0.1) is 0 Å². The van der Waals surface area contributed by atoms with Gasteiger partial charge in [0.1, 0.15) is 24.7 Å². The molecule has 496 valence electrons. The largest absolute Gasteiger partial charge is 0.416 e. The average Bonchev–Trinajstić information content (AvgIpc) is 1.53. The Labute approximate surface area is 590 Å². The topological polar surface area (TPSA) is 117 Å². The third kappa shape index (κ3) is 18.7. The number of likely N-dealkylation sites (N-methyl/N-ethyl adjacent to an activating group) is 2. The van der Waals surface area contributed by atoms with Gasteiger partial charge in [-0.2, -0.15) is 36.3 Å². The van der Waals surface area contributed by atoms with Crippen LogP contribution in [0.2, 0.25) is 0 Å². The number of alkyl halides is 6. The van der Waals surface area contributed by atoms with Crippen LogP contribution in [0.3, 0.4) is 0 Å². The molecule has 0 aliphatic heterocycles. The summed E-state index contributed by atoms with van der Waals surface area (Å²) in [4.78, 5) is 67.1. The standard InChI is InChI=1S/2C36H38F4N4O2S/c2*1-3-42(4-2)20-21-43(22-25-8-12-27(13-9-25)28-14-16-29(17-15-28)36(38,39)40)33(45)23-44-32-7-5-6-31(32)34(46)41-35(44)47-24-26-10-18-30(37)19-11-26/h2*8-19H,3-7,20-24H2,1-2H3/i3D2,4D2,5D2,6D2,7D2,8D,9D,10D,11D,12D,13D,14D,15D,16D,17D,18D,19D,20D2,21D2;24D2. The maximum Gasteiger partial charge on any atom is 0.416 e. The fourth-order valence-electron chi connectivity index (χ4n) is 9.40. The molecule has 2 aliphatic rings. The van der Waals surface area contributed by atoms with Gasteiger partial charge in [0.2, 0.25) is 11.8 Å². The molecule has 0 unspecified atom stereocenters. The van der Waals surface area contributed by atoms with Crippen LogP contribution in [0.1, 0.15) is 135 Å². The van der Waals surface area contributed by atoms with E-state index in [1.54, 1.807) is 9.47 Å². The molecule has 0 saturated carbocycles. The van der Waals surface area contributed by atoms with E-state index in [0.29, 0.717) is 56.6 Å². The lowest BCUT2D eigenvalue weighted by Crippen LogP contribution is -2.40. The van der Waals surface area contributed by atoms with Crippen LogP contribution in [0, 0.1) is 11.6 Å². The highest BCUT2D eigenvalue weighted by atomic mass is 32.2. The van der Waals surface area contributed by atoms with Crippen molar-refractivity contribution in [2.24, 2.45) is 0 Å². The first kappa shape index (κ1) is 41.8. The Balaban J connectivity index is 0.000000299. The number of carbonyl (C=O) groups excluding carboxylic acids is 2. The first-order chi connectivity index (χ1) is 56.0. The van der Waals surface area contributed by atoms with Gasteiger partial charge >= 0.3 is 12.4 Å². The minimum Gasteiger partial charge on any atom is -0.336 e.